The van der Waals surface area contributed by atoms with E-state index in [-0.39, 0.29) is 0 Å². The average molecular weight is 247 g/mol. The highest BCUT2D eigenvalue weighted by molar-refractivity contribution is 5.38. The van der Waals surface area contributed by atoms with Gasteiger partial charge in [-0.2, -0.15) is 4.98 Å². The summed E-state index contributed by atoms with van der Waals surface area (Å²) in [6.45, 7) is 0.787. The largest absolute Gasteiger partial charge is 0.478 e. The van der Waals surface area contributed by atoms with E-state index in [1.807, 2.05) is 13.1 Å². The molecule has 0 spiro atoms. The molecule has 2 aliphatic carbocycles. The third kappa shape index (κ3) is 2.74. The molecule has 0 amide bonds. The zero-order valence-corrected chi connectivity index (χ0v) is 11.0. The molecule has 1 aromatic rings. The van der Waals surface area contributed by atoms with Crippen LogP contribution in [0.15, 0.2) is 6.07 Å². The van der Waals surface area contributed by atoms with Crippen molar-refractivity contribution < 1.29 is 4.74 Å². The number of ether oxygens (including phenoxy) is 1. The maximum atomic E-state index is 5.78. The first-order valence-corrected chi connectivity index (χ1v) is 7.04. The number of aromatic nitrogens is 2. The Morgan fingerprint density at radius 2 is 2.11 bits per heavy atom. The summed E-state index contributed by atoms with van der Waals surface area (Å²) < 4.78 is 5.78. The van der Waals surface area contributed by atoms with Crippen molar-refractivity contribution in [2.75, 3.05) is 19.0 Å². The van der Waals surface area contributed by atoms with Gasteiger partial charge in [0, 0.05) is 19.0 Å². The Morgan fingerprint density at radius 1 is 1.28 bits per heavy atom. The first kappa shape index (κ1) is 11.8. The summed E-state index contributed by atoms with van der Waals surface area (Å²) in [6, 6.07) is 1.90. The summed E-state index contributed by atoms with van der Waals surface area (Å²) in [7, 11) is 1.89. The number of anilines is 1. The molecule has 3 rings (SSSR count). The zero-order valence-electron chi connectivity index (χ0n) is 11.0. The van der Waals surface area contributed by atoms with Gasteiger partial charge in [-0.25, -0.2) is 4.98 Å². The fourth-order valence-electron chi connectivity index (χ4n) is 2.28. The molecule has 0 aliphatic heterocycles. The molecule has 0 unspecified atom stereocenters. The minimum atomic E-state index is 0.562. The summed E-state index contributed by atoms with van der Waals surface area (Å²) in [6.07, 6.45) is 7.75. The second-order valence-corrected chi connectivity index (χ2v) is 5.41. The van der Waals surface area contributed by atoms with Gasteiger partial charge in [-0.3, -0.25) is 0 Å². The van der Waals surface area contributed by atoms with Gasteiger partial charge >= 0.3 is 0 Å². The smallest absolute Gasteiger partial charge is 0.218 e. The summed E-state index contributed by atoms with van der Waals surface area (Å²) in [4.78, 5) is 8.99. The van der Waals surface area contributed by atoms with Gasteiger partial charge in [-0.1, -0.05) is 19.3 Å². The van der Waals surface area contributed by atoms with Crippen molar-refractivity contribution in [1.82, 2.24) is 9.97 Å². The Morgan fingerprint density at radius 3 is 2.72 bits per heavy atom. The molecule has 4 heteroatoms. The zero-order chi connectivity index (χ0) is 12.4. The van der Waals surface area contributed by atoms with Crippen molar-refractivity contribution in [1.29, 1.82) is 0 Å². The lowest BCUT2D eigenvalue weighted by atomic mass is 9.83. The highest BCUT2D eigenvalue weighted by Gasteiger charge is 2.27. The van der Waals surface area contributed by atoms with E-state index in [0.717, 1.165) is 36.5 Å². The predicted octanol–water partition coefficient (Wildman–Crippen LogP) is 2.96. The Labute approximate surface area is 108 Å². The van der Waals surface area contributed by atoms with Crippen LogP contribution >= 0.6 is 0 Å². The van der Waals surface area contributed by atoms with E-state index in [1.54, 1.807) is 0 Å². The molecule has 0 atom stereocenters. The number of nitrogens with zero attached hydrogens (tertiary/aromatic N) is 2. The molecule has 1 N–H and O–H groups in total. The first-order valence-electron chi connectivity index (χ1n) is 7.04. The second-order valence-electron chi connectivity index (χ2n) is 5.41. The van der Waals surface area contributed by atoms with Crippen molar-refractivity contribution >= 4 is 5.82 Å². The topological polar surface area (TPSA) is 47.0 Å². The molecule has 4 nitrogen and oxygen atoms in total. The summed E-state index contributed by atoms with van der Waals surface area (Å²) in [5.74, 6) is 3.99. The fraction of sp³-hybridized carbons (Fsp3) is 0.714. The fourth-order valence-corrected chi connectivity index (χ4v) is 2.28. The normalized spacial score (nSPS) is 19.4. The molecule has 0 bridgehead atoms. The van der Waals surface area contributed by atoms with Gasteiger partial charge in [0.05, 0.1) is 6.61 Å². The van der Waals surface area contributed by atoms with E-state index in [0.29, 0.717) is 5.92 Å². The molecule has 2 fully saturated rings. The van der Waals surface area contributed by atoms with Crippen LogP contribution < -0.4 is 10.1 Å². The predicted molar refractivity (Wildman–Crippen MR) is 71.0 cm³/mol. The number of rotatable bonds is 6. The molecule has 18 heavy (non-hydrogen) atoms. The molecule has 1 aromatic heterocycles. The van der Waals surface area contributed by atoms with Crippen molar-refractivity contribution in [3.8, 4) is 5.88 Å². The molecule has 1 heterocycles. The SMILES string of the molecule is CNc1cc(OCCC2CCC2)nc(C2CC2)n1. The molecule has 0 aromatic carbocycles. The highest BCUT2D eigenvalue weighted by Crippen LogP contribution is 2.39. The van der Waals surface area contributed by atoms with Crippen LogP contribution in [0.1, 0.15) is 50.3 Å². The summed E-state index contributed by atoms with van der Waals surface area (Å²) >= 11 is 0. The van der Waals surface area contributed by atoms with E-state index < -0.39 is 0 Å². The number of hydrogen-bond donors (Lipinski definition) is 1. The van der Waals surface area contributed by atoms with Crippen LogP contribution in [-0.2, 0) is 0 Å². The van der Waals surface area contributed by atoms with Crippen LogP contribution in [-0.4, -0.2) is 23.6 Å². The molecule has 2 saturated carbocycles. The number of hydrogen-bond acceptors (Lipinski definition) is 4. The maximum absolute atomic E-state index is 5.78. The molecular formula is C14H21N3O. The van der Waals surface area contributed by atoms with Crippen LogP contribution in [0.2, 0.25) is 0 Å². The highest BCUT2D eigenvalue weighted by atomic mass is 16.5. The van der Waals surface area contributed by atoms with E-state index >= 15 is 0 Å². The average Bonchev–Trinajstić information content (AvgIpc) is 3.16. The maximum Gasteiger partial charge on any atom is 0.218 e. The van der Waals surface area contributed by atoms with E-state index in [2.05, 4.69) is 15.3 Å². The van der Waals surface area contributed by atoms with Gasteiger partial charge in [-0.15, -0.1) is 0 Å². The summed E-state index contributed by atoms with van der Waals surface area (Å²) in [5.41, 5.74) is 0. The summed E-state index contributed by atoms with van der Waals surface area (Å²) in [5, 5.41) is 3.08. The number of nitrogens with one attached hydrogen (secondary N) is 1. The van der Waals surface area contributed by atoms with E-state index in [1.165, 1.54) is 32.1 Å². The van der Waals surface area contributed by atoms with Crippen LogP contribution in [0.4, 0.5) is 5.82 Å². The molecule has 2 aliphatic rings. The second kappa shape index (κ2) is 5.12. The van der Waals surface area contributed by atoms with Gasteiger partial charge in [0.25, 0.3) is 0 Å². The van der Waals surface area contributed by atoms with Crippen LogP contribution in [0, 0.1) is 5.92 Å². The van der Waals surface area contributed by atoms with Crippen molar-refractivity contribution in [2.45, 2.75) is 44.4 Å². The Hall–Kier alpha value is -1.32. The van der Waals surface area contributed by atoms with Gasteiger partial charge in [0.1, 0.15) is 11.6 Å². The van der Waals surface area contributed by atoms with Crippen molar-refractivity contribution in [3.63, 3.8) is 0 Å². The van der Waals surface area contributed by atoms with Gasteiger partial charge in [0.15, 0.2) is 0 Å². The molecule has 98 valence electrons. The molecule has 0 saturated heterocycles. The van der Waals surface area contributed by atoms with E-state index in [4.69, 9.17) is 4.74 Å². The van der Waals surface area contributed by atoms with Crippen LogP contribution in [0.5, 0.6) is 5.88 Å². The quantitative estimate of drug-likeness (QED) is 0.839. The monoisotopic (exact) mass is 247 g/mol. The molecular weight excluding hydrogens is 226 g/mol. The first-order chi connectivity index (χ1) is 8.85. The van der Waals surface area contributed by atoms with E-state index in [9.17, 15) is 0 Å². The van der Waals surface area contributed by atoms with Gasteiger partial charge in [0.2, 0.25) is 5.88 Å². The Kier molecular flexibility index (Phi) is 3.35. The Balaban J connectivity index is 1.60. The van der Waals surface area contributed by atoms with Gasteiger partial charge in [-0.05, 0) is 25.2 Å². The van der Waals surface area contributed by atoms with Crippen molar-refractivity contribution in [2.24, 2.45) is 5.92 Å². The lowest BCUT2D eigenvalue weighted by molar-refractivity contribution is 0.217. The minimum Gasteiger partial charge on any atom is -0.478 e. The van der Waals surface area contributed by atoms with Crippen LogP contribution in [0.25, 0.3) is 0 Å². The lowest BCUT2D eigenvalue weighted by Crippen LogP contribution is -2.15. The minimum absolute atomic E-state index is 0.562. The Bertz CT molecular complexity index is 414. The third-order valence-corrected chi connectivity index (χ3v) is 3.92. The third-order valence-electron chi connectivity index (χ3n) is 3.92. The van der Waals surface area contributed by atoms with Gasteiger partial charge < -0.3 is 10.1 Å². The standard InChI is InChI=1S/C14H21N3O/c1-15-12-9-13(17-14(16-12)11-5-6-11)18-8-7-10-3-2-4-10/h9-11H,2-8H2,1H3,(H,15,16,17). The lowest BCUT2D eigenvalue weighted by Gasteiger charge is -2.24. The van der Waals surface area contributed by atoms with Crippen molar-refractivity contribution in [3.05, 3.63) is 11.9 Å². The molecule has 0 radical (unpaired) electrons. The van der Waals surface area contributed by atoms with Crippen LogP contribution in [0.3, 0.4) is 0 Å².